The monoisotopic (exact) mass is 491 g/mol. The van der Waals surface area contributed by atoms with Crippen molar-refractivity contribution >= 4 is 0 Å². The van der Waals surface area contributed by atoms with Crippen molar-refractivity contribution in [1.82, 2.24) is 16.0 Å². The van der Waals surface area contributed by atoms with Gasteiger partial charge in [0.2, 0.25) is 0 Å². The van der Waals surface area contributed by atoms with Crippen molar-refractivity contribution in [1.29, 1.82) is 0 Å². The minimum Gasteiger partial charge on any atom is -0.390 e. The number of halogens is 3. The van der Waals surface area contributed by atoms with Gasteiger partial charge in [-0.25, -0.2) is 0 Å². The average Bonchev–Trinajstić information content (AvgIpc) is 2.78. The highest BCUT2D eigenvalue weighted by molar-refractivity contribution is 5.02. The van der Waals surface area contributed by atoms with Gasteiger partial charge in [-0.05, 0) is 89.9 Å². The Bertz CT molecular complexity index is 672. The maximum atomic E-state index is 13.3. The molecule has 3 aliphatic carbocycles. The second-order valence-electron chi connectivity index (χ2n) is 11.8. The average molecular weight is 492 g/mol. The maximum Gasteiger partial charge on any atom is 0.391 e. The molecular weight excluding hydrogens is 447 g/mol. The van der Waals surface area contributed by atoms with Crippen molar-refractivity contribution < 1.29 is 28.5 Å². The molecule has 8 atom stereocenters. The Balaban J connectivity index is 1.40. The topological polar surface area (TPSA) is 96.8 Å². The lowest BCUT2D eigenvalue weighted by molar-refractivity contribution is -0.186. The number of hydrogen-bond donors (Lipinski definition) is 6. The van der Waals surface area contributed by atoms with E-state index in [4.69, 9.17) is 0 Å². The molecule has 0 aromatic carbocycles. The van der Waals surface area contributed by atoms with Gasteiger partial charge in [0.25, 0.3) is 0 Å². The van der Waals surface area contributed by atoms with Gasteiger partial charge in [-0.2, -0.15) is 13.2 Å². The zero-order valence-corrected chi connectivity index (χ0v) is 20.5. The number of hydrogen-bond acceptors (Lipinski definition) is 6. The van der Waals surface area contributed by atoms with Gasteiger partial charge in [-0.1, -0.05) is 6.42 Å². The summed E-state index contributed by atoms with van der Waals surface area (Å²) >= 11 is 0. The van der Waals surface area contributed by atoms with Crippen molar-refractivity contribution in [3.05, 3.63) is 0 Å². The summed E-state index contributed by atoms with van der Waals surface area (Å²) in [5.74, 6) is -0.962. The van der Waals surface area contributed by atoms with Crippen LogP contribution in [0, 0.1) is 29.6 Å². The summed E-state index contributed by atoms with van der Waals surface area (Å²) < 4.78 is 40.0. The Kier molecular flexibility index (Phi) is 8.22. The quantitative estimate of drug-likeness (QED) is 0.331. The summed E-state index contributed by atoms with van der Waals surface area (Å²) in [6, 6.07) is 0.296. The molecule has 6 nitrogen and oxygen atoms in total. The largest absolute Gasteiger partial charge is 0.391 e. The van der Waals surface area contributed by atoms with Crippen molar-refractivity contribution in [3.8, 4) is 0 Å². The van der Waals surface area contributed by atoms with E-state index in [1.165, 1.54) is 0 Å². The predicted molar refractivity (Wildman–Crippen MR) is 123 cm³/mol. The highest BCUT2D eigenvalue weighted by atomic mass is 19.4. The molecule has 4 aliphatic rings. The first-order valence-corrected chi connectivity index (χ1v) is 13.4. The smallest absolute Gasteiger partial charge is 0.390 e. The second kappa shape index (κ2) is 10.5. The van der Waals surface area contributed by atoms with E-state index in [2.05, 4.69) is 22.9 Å². The van der Waals surface area contributed by atoms with Gasteiger partial charge >= 0.3 is 6.18 Å². The van der Waals surface area contributed by atoms with Crippen molar-refractivity contribution in [3.63, 3.8) is 0 Å². The van der Waals surface area contributed by atoms with E-state index in [1.54, 1.807) is 0 Å². The molecule has 4 rings (SSSR count). The fourth-order valence-electron chi connectivity index (χ4n) is 7.45. The van der Waals surface area contributed by atoms with Crippen LogP contribution in [-0.4, -0.2) is 57.8 Å². The molecule has 0 amide bonds. The van der Waals surface area contributed by atoms with Crippen LogP contribution in [0.3, 0.4) is 0 Å². The molecule has 0 radical (unpaired) electrons. The number of aliphatic hydroxyl groups is 3. The summed E-state index contributed by atoms with van der Waals surface area (Å²) in [4.78, 5) is 0. The molecular formula is C25H44F3N3O3. The third kappa shape index (κ3) is 5.92. The Hall–Kier alpha value is -0.450. The van der Waals surface area contributed by atoms with Crippen LogP contribution in [0.5, 0.6) is 0 Å². The number of nitrogens with one attached hydrogen (secondary N) is 3. The summed E-state index contributed by atoms with van der Waals surface area (Å²) in [7, 11) is 0. The number of rotatable bonds is 5. The van der Waals surface area contributed by atoms with Crippen molar-refractivity contribution in [2.24, 2.45) is 29.6 Å². The standard InChI is InChI=1S/C25H44F3N3O3/c1-14(17-4-3-5-19(12-17)25(26,27)28)29-22-20-13-18(6-7-21(20)30-15(2)31-22)24(34)10-8-16(9-11-24)23(32)33/h14-23,29-34H,3-13H2,1-2H3. The molecule has 34 heavy (non-hydrogen) atoms. The molecule has 0 bridgehead atoms. The summed E-state index contributed by atoms with van der Waals surface area (Å²) in [6.07, 6.45) is 1.73. The van der Waals surface area contributed by atoms with Crippen LogP contribution in [-0.2, 0) is 0 Å². The number of aliphatic hydroxyl groups excluding tert-OH is 1. The van der Waals surface area contributed by atoms with Crippen LogP contribution in [0.1, 0.15) is 84.5 Å². The fourth-order valence-corrected chi connectivity index (χ4v) is 7.45. The molecule has 1 aliphatic heterocycles. The van der Waals surface area contributed by atoms with Crippen LogP contribution >= 0.6 is 0 Å². The Morgan fingerprint density at radius 1 is 0.941 bits per heavy atom. The van der Waals surface area contributed by atoms with E-state index >= 15 is 0 Å². The van der Waals surface area contributed by atoms with Crippen LogP contribution < -0.4 is 16.0 Å². The lowest BCUT2D eigenvalue weighted by Crippen LogP contribution is -2.69. The van der Waals surface area contributed by atoms with Gasteiger partial charge in [0.15, 0.2) is 6.29 Å². The zero-order chi connectivity index (χ0) is 24.7. The molecule has 6 N–H and O–H groups in total. The molecule has 4 fully saturated rings. The van der Waals surface area contributed by atoms with E-state index < -0.39 is 24.0 Å². The molecule has 8 unspecified atom stereocenters. The molecule has 198 valence electrons. The highest BCUT2D eigenvalue weighted by Crippen LogP contribution is 2.46. The lowest BCUT2D eigenvalue weighted by atomic mass is 9.63. The Morgan fingerprint density at radius 3 is 2.29 bits per heavy atom. The van der Waals surface area contributed by atoms with Crippen LogP contribution in [0.4, 0.5) is 13.2 Å². The third-order valence-corrected chi connectivity index (χ3v) is 9.63. The minimum atomic E-state index is -4.11. The summed E-state index contributed by atoms with van der Waals surface area (Å²) in [5.41, 5.74) is -0.779. The molecule has 0 spiro atoms. The van der Waals surface area contributed by atoms with Crippen LogP contribution in [0.2, 0.25) is 0 Å². The van der Waals surface area contributed by atoms with E-state index in [1.807, 2.05) is 6.92 Å². The van der Waals surface area contributed by atoms with Gasteiger partial charge in [-0.3, -0.25) is 16.0 Å². The first-order valence-electron chi connectivity index (χ1n) is 13.4. The van der Waals surface area contributed by atoms with Crippen LogP contribution in [0.15, 0.2) is 0 Å². The van der Waals surface area contributed by atoms with E-state index in [-0.39, 0.29) is 54.9 Å². The summed E-state index contributed by atoms with van der Waals surface area (Å²) in [6.45, 7) is 4.11. The first kappa shape index (κ1) is 26.6. The van der Waals surface area contributed by atoms with Crippen molar-refractivity contribution in [2.45, 2.75) is 127 Å². The Labute approximate surface area is 201 Å². The highest BCUT2D eigenvalue weighted by Gasteiger charge is 2.49. The van der Waals surface area contributed by atoms with Gasteiger partial charge in [-0.15, -0.1) is 0 Å². The second-order valence-corrected chi connectivity index (χ2v) is 11.8. The molecule has 0 aromatic heterocycles. The van der Waals surface area contributed by atoms with Crippen molar-refractivity contribution in [2.75, 3.05) is 0 Å². The van der Waals surface area contributed by atoms with E-state index in [0.717, 1.165) is 25.7 Å². The minimum absolute atomic E-state index is 0.00887. The van der Waals surface area contributed by atoms with Crippen LogP contribution in [0.25, 0.3) is 0 Å². The zero-order valence-electron chi connectivity index (χ0n) is 20.5. The van der Waals surface area contributed by atoms with E-state index in [0.29, 0.717) is 38.1 Å². The lowest BCUT2D eigenvalue weighted by Gasteiger charge is -2.52. The first-order chi connectivity index (χ1) is 16.0. The molecule has 1 saturated heterocycles. The van der Waals surface area contributed by atoms with Gasteiger partial charge in [0.05, 0.1) is 23.9 Å². The molecule has 9 heteroatoms. The summed E-state index contributed by atoms with van der Waals surface area (Å²) in [5, 5.41) is 41.4. The fraction of sp³-hybridized carbons (Fsp3) is 1.00. The Morgan fingerprint density at radius 2 is 1.65 bits per heavy atom. The third-order valence-electron chi connectivity index (χ3n) is 9.63. The number of fused-ring (bicyclic) bond motifs is 1. The van der Waals surface area contributed by atoms with Gasteiger partial charge in [0.1, 0.15) is 0 Å². The normalized spacial score (nSPS) is 45.1. The van der Waals surface area contributed by atoms with Gasteiger partial charge in [0, 0.05) is 23.9 Å². The molecule has 1 heterocycles. The van der Waals surface area contributed by atoms with E-state index in [9.17, 15) is 28.5 Å². The predicted octanol–water partition coefficient (Wildman–Crippen LogP) is 3.22. The SMILES string of the molecule is CC1NC2CCC(C3(O)CCC(C(O)O)CC3)CC2C(NC(C)C2CCCC(C(F)(F)F)C2)N1. The van der Waals surface area contributed by atoms with Gasteiger partial charge < -0.3 is 15.3 Å². The number of alkyl halides is 3. The molecule has 3 saturated carbocycles. The molecule has 0 aromatic rings. The maximum absolute atomic E-state index is 13.3.